The van der Waals surface area contributed by atoms with Gasteiger partial charge in [0.1, 0.15) is 0 Å². The molecule has 3 aliphatic heterocycles. The Morgan fingerprint density at radius 2 is 0.938 bits per heavy atom. The van der Waals surface area contributed by atoms with Crippen molar-refractivity contribution in [3.8, 4) is 78.5 Å². The van der Waals surface area contributed by atoms with Crippen LogP contribution in [-0.2, 0) is 6.54 Å². The highest BCUT2D eigenvalue weighted by Crippen LogP contribution is 2.53. The number of pyridine rings is 1. The standard InChI is InChI=1S/C60H45N5/c1-5-16-40(17-6-1)41-30-32-44(33-31-41)55-37-54(43-20-9-3-10-21-43)63-60(64-55)49-27-14-25-47(35-49)46-24-13-26-48(34-46)51-36-53(42-18-7-2-8-19-42)62-57-52(51)39-61-38-50-28-15-29-56-58(65(56)59(50)57)45-22-11-4-12-23-45/h1-27,29-37,56,58,61H,28,38-39H2. The summed E-state index contributed by atoms with van der Waals surface area (Å²) in [5.74, 6) is 0.689. The molecule has 0 amide bonds. The van der Waals surface area contributed by atoms with Crippen molar-refractivity contribution in [1.29, 1.82) is 0 Å². The number of allylic oxidation sites excluding steroid dienone is 1. The van der Waals surface area contributed by atoms with E-state index in [9.17, 15) is 0 Å². The van der Waals surface area contributed by atoms with Crippen LogP contribution < -0.4 is 5.32 Å². The molecule has 310 valence electrons. The lowest BCUT2D eigenvalue weighted by Gasteiger charge is -2.20. The second kappa shape index (κ2) is 16.6. The monoisotopic (exact) mass is 835 g/mol. The molecule has 1 fully saturated rings. The molecule has 5 heteroatoms. The molecule has 9 aromatic rings. The number of nitrogens with zero attached hydrogens (tertiary/aromatic N) is 4. The van der Waals surface area contributed by atoms with Gasteiger partial charge in [-0.3, -0.25) is 0 Å². The maximum absolute atomic E-state index is 5.58. The van der Waals surface area contributed by atoms with Crippen LogP contribution in [-0.4, -0.2) is 32.4 Å². The summed E-state index contributed by atoms with van der Waals surface area (Å²) in [4.78, 5) is 18.6. The van der Waals surface area contributed by atoms with Crippen LogP contribution in [0.2, 0.25) is 0 Å². The zero-order valence-electron chi connectivity index (χ0n) is 35.8. The van der Waals surface area contributed by atoms with E-state index in [-0.39, 0.29) is 0 Å². The van der Waals surface area contributed by atoms with Crippen molar-refractivity contribution in [1.82, 2.24) is 25.2 Å². The van der Waals surface area contributed by atoms with E-state index in [0.717, 1.165) is 81.2 Å². The van der Waals surface area contributed by atoms with E-state index in [1.54, 1.807) is 0 Å². The molecule has 2 atom stereocenters. The molecule has 12 rings (SSSR count). The Labute approximate surface area is 380 Å². The molecule has 2 aromatic heterocycles. The van der Waals surface area contributed by atoms with Crippen LogP contribution in [0.25, 0.3) is 84.2 Å². The van der Waals surface area contributed by atoms with Crippen molar-refractivity contribution in [3.63, 3.8) is 0 Å². The van der Waals surface area contributed by atoms with Gasteiger partial charge in [0.2, 0.25) is 0 Å². The summed E-state index contributed by atoms with van der Waals surface area (Å²) >= 11 is 0. The first-order valence-electron chi connectivity index (χ1n) is 22.6. The lowest BCUT2D eigenvalue weighted by molar-refractivity contribution is 0.692. The largest absolute Gasteiger partial charge is 0.351 e. The Morgan fingerprint density at radius 3 is 1.60 bits per heavy atom. The highest BCUT2D eigenvalue weighted by Gasteiger charge is 2.50. The van der Waals surface area contributed by atoms with Gasteiger partial charge in [0.05, 0.1) is 40.6 Å². The van der Waals surface area contributed by atoms with Gasteiger partial charge in [-0.1, -0.05) is 194 Å². The molecule has 0 bridgehead atoms. The van der Waals surface area contributed by atoms with Gasteiger partial charge in [-0.25, -0.2) is 15.0 Å². The summed E-state index contributed by atoms with van der Waals surface area (Å²) in [6, 6.07) is 73.8. The lowest BCUT2D eigenvalue weighted by Crippen LogP contribution is -2.15. The van der Waals surface area contributed by atoms with Crippen molar-refractivity contribution in [2.45, 2.75) is 25.0 Å². The predicted molar refractivity (Wildman–Crippen MR) is 265 cm³/mol. The van der Waals surface area contributed by atoms with Crippen LogP contribution in [0.5, 0.6) is 0 Å². The molecule has 5 heterocycles. The van der Waals surface area contributed by atoms with Gasteiger partial charge in [0.25, 0.3) is 0 Å². The summed E-state index contributed by atoms with van der Waals surface area (Å²) in [5, 5.41) is 3.84. The molecule has 0 spiro atoms. The Morgan fingerprint density at radius 1 is 0.431 bits per heavy atom. The second-order valence-electron chi connectivity index (χ2n) is 17.1. The Bertz CT molecular complexity index is 3250. The number of benzene rings is 7. The molecular formula is C60H45N5. The molecule has 65 heavy (non-hydrogen) atoms. The fourth-order valence-electron chi connectivity index (χ4n) is 9.77. The zero-order valence-corrected chi connectivity index (χ0v) is 35.8. The van der Waals surface area contributed by atoms with Crippen LogP contribution in [0.1, 0.15) is 29.3 Å². The van der Waals surface area contributed by atoms with Gasteiger partial charge in [0.15, 0.2) is 5.82 Å². The summed E-state index contributed by atoms with van der Waals surface area (Å²) in [6.45, 7) is 1.55. The van der Waals surface area contributed by atoms with E-state index < -0.39 is 0 Å². The molecule has 1 N–H and O–H groups in total. The summed E-state index contributed by atoms with van der Waals surface area (Å²) in [6.07, 6.45) is 5.68. The number of hydrogen-bond acceptors (Lipinski definition) is 5. The molecule has 3 aliphatic rings. The van der Waals surface area contributed by atoms with Gasteiger partial charge in [-0.15, -0.1) is 0 Å². The van der Waals surface area contributed by atoms with Gasteiger partial charge < -0.3 is 10.2 Å². The van der Waals surface area contributed by atoms with Crippen LogP contribution >= 0.6 is 0 Å². The van der Waals surface area contributed by atoms with Gasteiger partial charge in [-0.05, 0) is 75.2 Å². The van der Waals surface area contributed by atoms with E-state index >= 15 is 0 Å². The van der Waals surface area contributed by atoms with Crippen molar-refractivity contribution in [2.75, 3.05) is 6.54 Å². The number of hydrogen-bond donors (Lipinski definition) is 1. The first kappa shape index (κ1) is 38.7. The van der Waals surface area contributed by atoms with Crippen molar-refractivity contribution >= 4 is 5.70 Å². The topological polar surface area (TPSA) is 53.7 Å². The van der Waals surface area contributed by atoms with E-state index in [0.29, 0.717) is 17.9 Å². The van der Waals surface area contributed by atoms with Crippen LogP contribution in [0.15, 0.2) is 224 Å². The minimum absolute atomic E-state index is 0.290. The summed E-state index contributed by atoms with van der Waals surface area (Å²) in [5.41, 5.74) is 20.2. The Kier molecular flexibility index (Phi) is 9.88. The van der Waals surface area contributed by atoms with E-state index in [1.165, 1.54) is 39.1 Å². The summed E-state index contributed by atoms with van der Waals surface area (Å²) < 4.78 is 0. The highest BCUT2D eigenvalue weighted by molar-refractivity contribution is 5.85. The van der Waals surface area contributed by atoms with Crippen LogP contribution in [0.3, 0.4) is 0 Å². The zero-order chi connectivity index (χ0) is 43.1. The molecule has 7 aromatic carbocycles. The first-order chi connectivity index (χ1) is 32.2. The molecule has 0 saturated carbocycles. The Hall–Kier alpha value is -7.99. The van der Waals surface area contributed by atoms with Crippen molar-refractivity contribution in [2.24, 2.45) is 0 Å². The third-order valence-corrected chi connectivity index (χ3v) is 13.1. The highest BCUT2D eigenvalue weighted by atomic mass is 15.4. The van der Waals surface area contributed by atoms with Gasteiger partial charge in [-0.2, -0.15) is 0 Å². The van der Waals surface area contributed by atoms with Gasteiger partial charge in [0, 0.05) is 40.9 Å². The average Bonchev–Trinajstić information content (AvgIpc) is 4.16. The van der Waals surface area contributed by atoms with Crippen LogP contribution in [0, 0.1) is 0 Å². The molecule has 0 radical (unpaired) electrons. The van der Waals surface area contributed by atoms with E-state index in [2.05, 4.69) is 216 Å². The van der Waals surface area contributed by atoms with Crippen molar-refractivity contribution < 1.29 is 0 Å². The smallest absolute Gasteiger partial charge is 0.160 e. The fourth-order valence-corrected chi connectivity index (χ4v) is 9.77. The Balaban J connectivity index is 0.947. The quantitative estimate of drug-likeness (QED) is 0.122. The second-order valence-corrected chi connectivity index (χ2v) is 17.1. The first-order valence-corrected chi connectivity index (χ1v) is 22.6. The SMILES string of the molecule is C1=CC2C(c3ccccc3)N2C2=C(C1)CNCc1c(-c3cccc(-c4cccc(-c5nc(-c6ccccc6)cc(-c6ccc(-c7ccccc7)cc6)n5)c4)c3)cc(-c3ccccc3)nc12. The van der Waals surface area contributed by atoms with Crippen LogP contribution in [0.4, 0.5) is 0 Å². The predicted octanol–water partition coefficient (Wildman–Crippen LogP) is 13.7. The molecular weight excluding hydrogens is 791 g/mol. The fraction of sp³-hybridized carbons (Fsp3) is 0.0833. The maximum Gasteiger partial charge on any atom is 0.160 e. The normalized spacial score (nSPS) is 16.2. The number of fused-ring (bicyclic) bond motifs is 4. The lowest BCUT2D eigenvalue weighted by atomic mass is 9.92. The number of aromatic nitrogens is 3. The summed E-state index contributed by atoms with van der Waals surface area (Å²) in [7, 11) is 0. The van der Waals surface area contributed by atoms with E-state index in [1.807, 2.05) is 12.1 Å². The number of nitrogens with one attached hydrogen (secondary N) is 1. The molecule has 2 unspecified atom stereocenters. The number of rotatable bonds is 8. The third-order valence-electron chi connectivity index (χ3n) is 13.1. The minimum Gasteiger partial charge on any atom is -0.351 e. The molecule has 5 nitrogen and oxygen atoms in total. The molecule has 1 saturated heterocycles. The maximum atomic E-state index is 5.58. The third kappa shape index (κ3) is 7.46. The van der Waals surface area contributed by atoms with Crippen molar-refractivity contribution in [3.05, 3.63) is 241 Å². The minimum atomic E-state index is 0.290. The van der Waals surface area contributed by atoms with E-state index in [4.69, 9.17) is 15.0 Å². The average molecular weight is 836 g/mol. The molecule has 0 aliphatic carbocycles. The van der Waals surface area contributed by atoms with Gasteiger partial charge >= 0.3 is 0 Å².